The Morgan fingerprint density at radius 2 is 1.24 bits per heavy atom. The first kappa shape index (κ1) is 26.6. The Kier molecular flexibility index (Phi) is 8.86. The maximum atomic E-state index is 13.5. The zero-order valence-corrected chi connectivity index (χ0v) is 22.1. The van der Waals surface area contributed by atoms with Gasteiger partial charge in [-0.3, -0.25) is 4.79 Å². The third kappa shape index (κ3) is 5.84. The summed E-state index contributed by atoms with van der Waals surface area (Å²) in [5, 5.41) is 0. The van der Waals surface area contributed by atoms with Crippen LogP contribution < -0.4 is 0 Å². The van der Waals surface area contributed by atoms with Gasteiger partial charge in [0.2, 0.25) is 5.91 Å². The number of ether oxygens (including phenoxy) is 4. The minimum absolute atomic E-state index is 0.0865. The number of carbonyl (C=O) groups is 1. The molecule has 1 unspecified atom stereocenters. The van der Waals surface area contributed by atoms with Crippen LogP contribution in [0.4, 0.5) is 0 Å². The van der Waals surface area contributed by atoms with Gasteiger partial charge in [-0.2, -0.15) is 0 Å². The molecule has 200 valence electrons. The first-order chi connectivity index (χ1) is 18.7. The molecular weight excluding hydrogens is 478 g/mol. The van der Waals surface area contributed by atoms with E-state index in [4.69, 9.17) is 18.9 Å². The predicted molar refractivity (Wildman–Crippen MR) is 145 cm³/mol. The fourth-order valence-corrected chi connectivity index (χ4v) is 5.70. The molecule has 6 heteroatoms. The van der Waals surface area contributed by atoms with Gasteiger partial charge in [0.15, 0.2) is 0 Å². The number of benzene rings is 3. The molecule has 0 saturated carbocycles. The number of carbonyl (C=O) groups excluding carboxylic acids is 1. The molecule has 0 aliphatic carbocycles. The summed E-state index contributed by atoms with van der Waals surface area (Å²) in [5.74, 6) is -0.180. The first-order valence-electron chi connectivity index (χ1n) is 13.5. The SMILES string of the molecule is CCOC(C)[C@@H]1C(=O)N2[C@@H]1[C@H](OCc1ccccc1)[C@@H](OCc1ccccc1)[C@H]2COCc1ccccc1. The molecule has 38 heavy (non-hydrogen) atoms. The number of amides is 1. The normalized spacial score (nSPS) is 25.2. The number of rotatable bonds is 13. The molecule has 2 aliphatic rings. The van der Waals surface area contributed by atoms with Crippen molar-refractivity contribution in [1.82, 2.24) is 4.90 Å². The van der Waals surface area contributed by atoms with E-state index in [-0.39, 0.29) is 42.2 Å². The molecule has 2 aliphatic heterocycles. The summed E-state index contributed by atoms with van der Waals surface area (Å²) in [6, 6.07) is 30.0. The second-order valence-electron chi connectivity index (χ2n) is 10.0. The van der Waals surface area contributed by atoms with Gasteiger partial charge in [0.1, 0.15) is 12.2 Å². The van der Waals surface area contributed by atoms with E-state index in [0.717, 1.165) is 16.7 Å². The molecule has 3 aromatic carbocycles. The Balaban J connectivity index is 1.38. The summed E-state index contributed by atoms with van der Waals surface area (Å²) in [7, 11) is 0. The molecule has 0 radical (unpaired) electrons. The zero-order chi connectivity index (χ0) is 26.3. The van der Waals surface area contributed by atoms with E-state index in [9.17, 15) is 4.79 Å². The fourth-order valence-electron chi connectivity index (χ4n) is 5.70. The minimum Gasteiger partial charge on any atom is -0.378 e. The molecule has 0 aromatic heterocycles. The Morgan fingerprint density at radius 1 is 0.737 bits per heavy atom. The van der Waals surface area contributed by atoms with Gasteiger partial charge in [-0.05, 0) is 30.5 Å². The maximum Gasteiger partial charge on any atom is 0.231 e. The quantitative estimate of drug-likeness (QED) is 0.300. The molecule has 2 heterocycles. The van der Waals surface area contributed by atoms with E-state index in [1.807, 2.05) is 85.5 Å². The van der Waals surface area contributed by atoms with Crippen molar-refractivity contribution < 1.29 is 23.7 Å². The van der Waals surface area contributed by atoms with Crippen molar-refractivity contribution in [1.29, 1.82) is 0 Å². The maximum absolute atomic E-state index is 13.5. The van der Waals surface area contributed by atoms with Gasteiger partial charge < -0.3 is 23.8 Å². The molecule has 2 saturated heterocycles. The first-order valence-corrected chi connectivity index (χ1v) is 13.5. The highest BCUT2D eigenvalue weighted by Crippen LogP contribution is 2.45. The smallest absolute Gasteiger partial charge is 0.231 e. The van der Waals surface area contributed by atoms with E-state index in [0.29, 0.717) is 33.0 Å². The minimum atomic E-state index is -0.331. The third-order valence-electron chi connectivity index (χ3n) is 7.53. The van der Waals surface area contributed by atoms with Gasteiger partial charge >= 0.3 is 0 Å². The van der Waals surface area contributed by atoms with Crippen LogP contribution in [-0.2, 0) is 43.6 Å². The number of hydrogen-bond acceptors (Lipinski definition) is 5. The number of fused-ring (bicyclic) bond motifs is 1. The standard InChI is InChI=1S/C32H37NO5/c1-3-36-23(2)28-29-31(38-21-26-17-11-6-12-18-26)30(37-20-25-15-9-5-10-16-25)27(33(29)32(28)34)22-35-19-24-13-7-4-8-14-24/h4-18,23,27-31H,3,19-22H2,1-2H3/t23?,27-,28+,29+,30+,31+/m1/s1. The van der Waals surface area contributed by atoms with Crippen LogP contribution in [0.25, 0.3) is 0 Å². The molecule has 2 fully saturated rings. The van der Waals surface area contributed by atoms with Crippen LogP contribution in [0, 0.1) is 5.92 Å². The molecule has 3 aromatic rings. The second kappa shape index (κ2) is 12.7. The molecular formula is C32H37NO5. The third-order valence-corrected chi connectivity index (χ3v) is 7.53. The lowest BCUT2D eigenvalue weighted by Gasteiger charge is -2.48. The van der Waals surface area contributed by atoms with E-state index < -0.39 is 0 Å². The van der Waals surface area contributed by atoms with Crippen LogP contribution in [0.3, 0.4) is 0 Å². The van der Waals surface area contributed by atoms with Gasteiger partial charge in [0.25, 0.3) is 0 Å². The predicted octanol–water partition coefficient (Wildman–Crippen LogP) is 5.01. The van der Waals surface area contributed by atoms with E-state index in [1.165, 1.54) is 0 Å². The van der Waals surface area contributed by atoms with Crippen molar-refractivity contribution in [2.45, 2.75) is 64.1 Å². The highest BCUT2D eigenvalue weighted by atomic mass is 16.5. The van der Waals surface area contributed by atoms with Gasteiger partial charge in [-0.15, -0.1) is 0 Å². The van der Waals surface area contributed by atoms with Crippen LogP contribution in [0.5, 0.6) is 0 Å². The highest BCUT2D eigenvalue weighted by molar-refractivity contribution is 5.88. The molecule has 0 spiro atoms. The average Bonchev–Trinajstić information content (AvgIpc) is 3.21. The highest BCUT2D eigenvalue weighted by Gasteiger charge is 2.65. The number of nitrogens with zero attached hydrogens (tertiary/aromatic N) is 1. The van der Waals surface area contributed by atoms with Crippen molar-refractivity contribution >= 4 is 5.91 Å². The van der Waals surface area contributed by atoms with Gasteiger partial charge in [-0.1, -0.05) is 91.0 Å². The lowest BCUT2D eigenvalue weighted by atomic mass is 9.82. The van der Waals surface area contributed by atoms with Crippen molar-refractivity contribution in [2.24, 2.45) is 5.92 Å². The summed E-state index contributed by atoms with van der Waals surface area (Å²) < 4.78 is 25.3. The lowest BCUT2D eigenvalue weighted by molar-refractivity contribution is -0.174. The summed E-state index contributed by atoms with van der Waals surface area (Å²) in [4.78, 5) is 15.5. The lowest BCUT2D eigenvalue weighted by Crippen LogP contribution is -2.66. The van der Waals surface area contributed by atoms with Crippen molar-refractivity contribution in [3.8, 4) is 0 Å². The van der Waals surface area contributed by atoms with E-state index >= 15 is 0 Å². The van der Waals surface area contributed by atoms with Gasteiger partial charge in [0, 0.05) is 6.61 Å². The van der Waals surface area contributed by atoms with Gasteiger partial charge in [-0.25, -0.2) is 0 Å². The molecule has 5 rings (SSSR count). The average molecular weight is 516 g/mol. The summed E-state index contributed by atoms with van der Waals surface area (Å²) in [5.41, 5.74) is 3.27. The molecule has 1 amide bonds. The van der Waals surface area contributed by atoms with Crippen LogP contribution in [-0.4, -0.2) is 54.4 Å². The Bertz CT molecular complexity index is 1140. The zero-order valence-electron chi connectivity index (χ0n) is 22.1. The summed E-state index contributed by atoms with van der Waals surface area (Å²) in [6.07, 6.45) is -0.826. The monoisotopic (exact) mass is 515 g/mol. The second-order valence-corrected chi connectivity index (χ2v) is 10.0. The molecule has 6 atom stereocenters. The van der Waals surface area contributed by atoms with Crippen LogP contribution >= 0.6 is 0 Å². The summed E-state index contributed by atoms with van der Waals surface area (Å²) in [6.45, 7) is 6.24. The number of β-lactam (4-membered cyclic amide) rings is 1. The van der Waals surface area contributed by atoms with Crippen molar-refractivity contribution in [3.05, 3.63) is 108 Å². The van der Waals surface area contributed by atoms with E-state index in [2.05, 4.69) is 24.3 Å². The van der Waals surface area contributed by atoms with E-state index in [1.54, 1.807) is 0 Å². The molecule has 0 bridgehead atoms. The molecule has 6 nitrogen and oxygen atoms in total. The summed E-state index contributed by atoms with van der Waals surface area (Å²) >= 11 is 0. The Labute approximate surface area is 225 Å². The van der Waals surface area contributed by atoms with Crippen LogP contribution in [0.15, 0.2) is 91.0 Å². The van der Waals surface area contributed by atoms with Crippen molar-refractivity contribution in [2.75, 3.05) is 13.2 Å². The fraction of sp³-hybridized carbons (Fsp3) is 0.406. The van der Waals surface area contributed by atoms with Gasteiger partial charge in [0.05, 0.1) is 50.5 Å². The Hall–Kier alpha value is -3.03. The van der Waals surface area contributed by atoms with Crippen LogP contribution in [0.2, 0.25) is 0 Å². The van der Waals surface area contributed by atoms with Crippen LogP contribution in [0.1, 0.15) is 30.5 Å². The molecule has 0 N–H and O–H groups in total. The van der Waals surface area contributed by atoms with Crippen molar-refractivity contribution in [3.63, 3.8) is 0 Å². The largest absolute Gasteiger partial charge is 0.378 e. The topological polar surface area (TPSA) is 57.2 Å². The Morgan fingerprint density at radius 3 is 1.76 bits per heavy atom. The number of hydrogen-bond donors (Lipinski definition) is 0.